The predicted octanol–water partition coefficient (Wildman–Crippen LogP) is 10.7. The Hall–Kier alpha value is -6.13. The van der Waals surface area contributed by atoms with E-state index in [-0.39, 0.29) is 0 Å². The number of fused-ring (bicyclic) bond motifs is 5. The first-order valence-electron chi connectivity index (χ1n) is 15.0. The molecule has 0 spiro atoms. The van der Waals surface area contributed by atoms with Crippen molar-refractivity contribution in [2.24, 2.45) is 0 Å². The average molecular weight is 576 g/mol. The maximum atomic E-state index is 6.41. The van der Waals surface area contributed by atoms with E-state index in [1.807, 2.05) is 60.7 Å². The molecule has 45 heavy (non-hydrogen) atoms. The Morgan fingerprint density at radius 3 is 1.87 bits per heavy atom. The molecule has 0 unspecified atom stereocenters. The number of hydrogen-bond donors (Lipinski definition) is 0. The third-order valence-corrected chi connectivity index (χ3v) is 8.50. The lowest BCUT2D eigenvalue weighted by molar-refractivity contribution is 0.669. The van der Waals surface area contributed by atoms with Gasteiger partial charge in [0.1, 0.15) is 11.2 Å². The zero-order chi connectivity index (χ0) is 29.7. The molecular weight excluding hydrogens is 550 g/mol. The highest BCUT2D eigenvalue weighted by Crippen LogP contribution is 2.38. The molecule has 0 aliphatic carbocycles. The average Bonchev–Trinajstić information content (AvgIpc) is 3.50. The quantitative estimate of drug-likeness (QED) is 0.209. The van der Waals surface area contributed by atoms with E-state index in [9.17, 15) is 0 Å². The Labute approximate surface area is 259 Å². The van der Waals surface area contributed by atoms with E-state index in [4.69, 9.17) is 19.4 Å². The summed E-state index contributed by atoms with van der Waals surface area (Å²) in [7, 11) is 0. The van der Waals surface area contributed by atoms with Crippen LogP contribution in [0, 0.1) is 0 Å². The number of furan rings is 1. The molecule has 0 bridgehead atoms. The molecule has 9 rings (SSSR count). The van der Waals surface area contributed by atoms with E-state index in [1.54, 1.807) is 0 Å². The summed E-state index contributed by atoms with van der Waals surface area (Å²) in [6.07, 6.45) is 0. The van der Waals surface area contributed by atoms with E-state index in [0.717, 1.165) is 60.5 Å². The van der Waals surface area contributed by atoms with Gasteiger partial charge in [-0.15, -0.1) is 0 Å². The van der Waals surface area contributed by atoms with Crippen LogP contribution in [0.5, 0.6) is 0 Å². The van der Waals surface area contributed by atoms with Gasteiger partial charge in [-0.05, 0) is 63.0 Å². The van der Waals surface area contributed by atoms with Crippen LogP contribution in [-0.4, -0.2) is 15.0 Å². The lowest BCUT2D eigenvalue weighted by Gasteiger charge is -2.13. The third-order valence-electron chi connectivity index (χ3n) is 8.50. The van der Waals surface area contributed by atoms with Gasteiger partial charge in [-0.1, -0.05) is 121 Å². The van der Waals surface area contributed by atoms with E-state index in [1.165, 1.54) is 10.8 Å². The zero-order valence-electron chi connectivity index (χ0n) is 24.2. The molecule has 0 radical (unpaired) electrons. The molecule has 0 atom stereocenters. The molecule has 0 saturated carbocycles. The highest BCUT2D eigenvalue weighted by Gasteiger charge is 2.19. The lowest BCUT2D eigenvalue weighted by Crippen LogP contribution is -2.01. The van der Waals surface area contributed by atoms with Crippen molar-refractivity contribution in [3.05, 3.63) is 152 Å². The van der Waals surface area contributed by atoms with Crippen molar-refractivity contribution in [3.8, 4) is 45.3 Å². The standard InChI is InChI=1S/C41H25N3O/c1-2-12-27(13-3-1)39-42-40(35-19-10-18-34-33-17-8-9-20-37(33)45-38(34)35)44-41(43-39)36-25-31(24-30-15-6-7-16-32(30)36)29-22-21-26-11-4-5-14-28(26)23-29/h1-25H. The maximum absolute atomic E-state index is 6.41. The van der Waals surface area contributed by atoms with Crippen LogP contribution in [-0.2, 0) is 0 Å². The summed E-state index contributed by atoms with van der Waals surface area (Å²) < 4.78 is 6.41. The second kappa shape index (κ2) is 10.2. The molecule has 0 aliphatic heterocycles. The Morgan fingerprint density at radius 2 is 1.00 bits per heavy atom. The SMILES string of the molecule is c1ccc(-c2nc(-c3cc(-c4ccc5ccccc5c4)cc4ccccc34)nc(-c3cccc4c3oc3ccccc34)n2)cc1. The summed E-state index contributed by atoms with van der Waals surface area (Å²) in [5, 5.41) is 6.74. The number of para-hydroxylation sites is 2. The Bertz CT molecular complexity index is 2550. The molecule has 4 heteroatoms. The number of hydrogen-bond acceptors (Lipinski definition) is 4. The molecule has 9 aromatic rings. The summed E-state index contributed by atoms with van der Waals surface area (Å²) in [4.78, 5) is 15.3. The molecule has 7 aromatic carbocycles. The largest absolute Gasteiger partial charge is 0.455 e. The van der Waals surface area contributed by atoms with Gasteiger partial charge in [-0.3, -0.25) is 0 Å². The van der Waals surface area contributed by atoms with Crippen molar-refractivity contribution in [1.29, 1.82) is 0 Å². The molecule has 0 saturated heterocycles. The van der Waals surface area contributed by atoms with Gasteiger partial charge in [0.15, 0.2) is 17.5 Å². The summed E-state index contributed by atoms with van der Waals surface area (Å²) in [6, 6.07) is 52.3. The molecule has 0 amide bonds. The molecule has 0 fully saturated rings. The summed E-state index contributed by atoms with van der Waals surface area (Å²) in [6.45, 7) is 0. The van der Waals surface area contributed by atoms with Crippen LogP contribution in [0.1, 0.15) is 0 Å². The molecule has 0 aliphatic rings. The third kappa shape index (κ3) is 4.35. The van der Waals surface area contributed by atoms with Gasteiger partial charge in [0.2, 0.25) is 0 Å². The first-order chi connectivity index (χ1) is 22.3. The van der Waals surface area contributed by atoms with Crippen LogP contribution in [0.4, 0.5) is 0 Å². The maximum Gasteiger partial charge on any atom is 0.167 e. The predicted molar refractivity (Wildman–Crippen MR) is 184 cm³/mol. The van der Waals surface area contributed by atoms with Crippen molar-refractivity contribution < 1.29 is 4.42 Å². The van der Waals surface area contributed by atoms with Gasteiger partial charge in [0.05, 0.1) is 5.56 Å². The van der Waals surface area contributed by atoms with E-state index < -0.39 is 0 Å². The number of aromatic nitrogens is 3. The highest BCUT2D eigenvalue weighted by atomic mass is 16.3. The number of rotatable bonds is 4. The van der Waals surface area contributed by atoms with E-state index >= 15 is 0 Å². The minimum Gasteiger partial charge on any atom is -0.455 e. The molecule has 0 N–H and O–H groups in total. The molecule has 2 aromatic heterocycles. The van der Waals surface area contributed by atoms with Crippen molar-refractivity contribution in [2.75, 3.05) is 0 Å². The van der Waals surface area contributed by atoms with Crippen LogP contribution in [0.3, 0.4) is 0 Å². The van der Waals surface area contributed by atoms with Crippen molar-refractivity contribution in [2.45, 2.75) is 0 Å². The second-order valence-electron chi connectivity index (χ2n) is 11.3. The summed E-state index contributed by atoms with van der Waals surface area (Å²) >= 11 is 0. The number of nitrogens with zero attached hydrogens (tertiary/aromatic N) is 3. The lowest BCUT2D eigenvalue weighted by atomic mass is 9.95. The second-order valence-corrected chi connectivity index (χ2v) is 11.3. The summed E-state index contributed by atoms with van der Waals surface area (Å²) in [5.74, 6) is 1.80. The van der Waals surface area contributed by atoms with Crippen molar-refractivity contribution in [1.82, 2.24) is 15.0 Å². The fraction of sp³-hybridized carbons (Fsp3) is 0. The fourth-order valence-corrected chi connectivity index (χ4v) is 6.29. The monoisotopic (exact) mass is 575 g/mol. The molecular formula is C41H25N3O. The van der Waals surface area contributed by atoms with Crippen molar-refractivity contribution in [3.63, 3.8) is 0 Å². The van der Waals surface area contributed by atoms with Crippen LogP contribution in [0.25, 0.3) is 88.8 Å². The fourth-order valence-electron chi connectivity index (χ4n) is 6.29. The molecule has 4 nitrogen and oxygen atoms in total. The topological polar surface area (TPSA) is 51.8 Å². The highest BCUT2D eigenvalue weighted by molar-refractivity contribution is 6.09. The van der Waals surface area contributed by atoms with Gasteiger partial charge in [-0.25, -0.2) is 15.0 Å². The Kier molecular flexibility index (Phi) is 5.78. The first kappa shape index (κ1) is 25.4. The number of benzene rings is 7. The minimum absolute atomic E-state index is 0.573. The van der Waals surface area contributed by atoms with Crippen LogP contribution >= 0.6 is 0 Å². The Balaban J connectivity index is 1.31. The van der Waals surface area contributed by atoms with Gasteiger partial charge >= 0.3 is 0 Å². The van der Waals surface area contributed by atoms with Crippen molar-refractivity contribution >= 4 is 43.5 Å². The van der Waals surface area contributed by atoms with Gasteiger partial charge in [-0.2, -0.15) is 0 Å². The van der Waals surface area contributed by atoms with Crippen LogP contribution < -0.4 is 0 Å². The van der Waals surface area contributed by atoms with E-state index in [2.05, 4.69) is 91.0 Å². The minimum atomic E-state index is 0.573. The Morgan fingerprint density at radius 1 is 0.356 bits per heavy atom. The van der Waals surface area contributed by atoms with Crippen LogP contribution in [0.15, 0.2) is 156 Å². The summed E-state index contributed by atoms with van der Waals surface area (Å²) in [5.41, 5.74) is 6.57. The van der Waals surface area contributed by atoms with Gasteiger partial charge in [0, 0.05) is 21.9 Å². The smallest absolute Gasteiger partial charge is 0.167 e. The van der Waals surface area contributed by atoms with E-state index in [0.29, 0.717) is 17.5 Å². The van der Waals surface area contributed by atoms with Gasteiger partial charge < -0.3 is 4.42 Å². The van der Waals surface area contributed by atoms with Gasteiger partial charge in [0.25, 0.3) is 0 Å². The molecule has 2 heterocycles. The normalized spacial score (nSPS) is 11.6. The van der Waals surface area contributed by atoms with Crippen LogP contribution in [0.2, 0.25) is 0 Å². The zero-order valence-corrected chi connectivity index (χ0v) is 24.2. The first-order valence-corrected chi connectivity index (χ1v) is 15.0. The molecule has 210 valence electrons.